The number of nitrogen functional groups attached to an aromatic ring is 1. The van der Waals surface area contributed by atoms with Gasteiger partial charge in [0, 0.05) is 19.2 Å². The highest BCUT2D eigenvalue weighted by Crippen LogP contribution is 2.37. The highest BCUT2D eigenvalue weighted by Gasteiger charge is 2.35. The summed E-state index contributed by atoms with van der Waals surface area (Å²) in [5.74, 6) is -1.09. The van der Waals surface area contributed by atoms with E-state index in [1.165, 1.54) is 6.33 Å². The van der Waals surface area contributed by atoms with Gasteiger partial charge in [-0.15, -0.1) is 0 Å². The number of nitrogens with one attached hydrogen (secondary N) is 1. The van der Waals surface area contributed by atoms with Crippen LogP contribution in [0.1, 0.15) is 29.9 Å². The van der Waals surface area contributed by atoms with Crippen LogP contribution in [0.5, 0.6) is 0 Å². The van der Waals surface area contributed by atoms with Gasteiger partial charge in [0.15, 0.2) is 11.5 Å². The number of hydrogen-bond acceptors (Lipinski definition) is 8. The van der Waals surface area contributed by atoms with Gasteiger partial charge in [0.05, 0.1) is 24.1 Å². The second-order valence-electron chi connectivity index (χ2n) is 6.75. The van der Waals surface area contributed by atoms with Crippen molar-refractivity contribution in [3.8, 4) is 0 Å². The molecule has 4 rings (SSSR count). The average Bonchev–Trinajstić information content (AvgIpc) is 3.10. The van der Waals surface area contributed by atoms with Gasteiger partial charge in [-0.1, -0.05) is 6.92 Å². The summed E-state index contributed by atoms with van der Waals surface area (Å²) < 4.78 is 55.5. The van der Waals surface area contributed by atoms with E-state index in [9.17, 15) is 17.6 Å². The van der Waals surface area contributed by atoms with Crippen LogP contribution < -0.4 is 11.1 Å². The minimum Gasteiger partial charge on any atom is -0.368 e. The number of alkyl halides is 3. The van der Waals surface area contributed by atoms with Gasteiger partial charge in [0.1, 0.15) is 23.2 Å². The lowest BCUT2D eigenvalue weighted by Gasteiger charge is -2.18. The van der Waals surface area contributed by atoms with Crippen molar-refractivity contribution in [1.29, 1.82) is 0 Å². The Kier molecular flexibility index (Phi) is 4.87. The van der Waals surface area contributed by atoms with Crippen LogP contribution in [0.25, 0.3) is 11.0 Å². The number of aromatic nitrogens is 7. The number of fused-ring (bicyclic) bond motifs is 1. The molecule has 0 aliphatic carbocycles. The lowest BCUT2D eigenvalue weighted by molar-refractivity contribution is -0.141. The summed E-state index contributed by atoms with van der Waals surface area (Å²) >= 11 is 0. The second kappa shape index (κ2) is 7.41. The van der Waals surface area contributed by atoms with Crippen molar-refractivity contribution in [2.24, 2.45) is 7.05 Å². The highest BCUT2D eigenvalue weighted by atomic mass is 19.4. The Bertz CT molecular complexity index is 1250. The Balaban J connectivity index is 1.97. The van der Waals surface area contributed by atoms with Crippen LogP contribution in [-0.2, 0) is 13.2 Å². The molecule has 0 aliphatic rings. The molecule has 0 aromatic carbocycles. The monoisotopic (exact) mass is 433 g/mol. The third-order valence-corrected chi connectivity index (χ3v) is 4.45. The summed E-state index contributed by atoms with van der Waals surface area (Å²) in [5, 5.41) is 3.13. The number of aryl methyl sites for hydroxylation is 1. The SMILES string of the molecule is C[C@H](c1ncc(F)cn1)c1cc(C(F)(F)F)nc2nc(N)nc(Nc3cn(C)cn3)c12. The van der Waals surface area contributed by atoms with Crippen molar-refractivity contribution in [2.75, 3.05) is 11.1 Å². The molecule has 0 saturated carbocycles. The smallest absolute Gasteiger partial charge is 0.368 e. The summed E-state index contributed by atoms with van der Waals surface area (Å²) in [6, 6.07) is 0.878. The van der Waals surface area contributed by atoms with E-state index in [1.54, 1.807) is 24.7 Å². The lowest BCUT2D eigenvalue weighted by atomic mass is 9.96. The first-order valence-electron chi connectivity index (χ1n) is 8.89. The van der Waals surface area contributed by atoms with Crippen LogP contribution in [0.15, 0.2) is 31.0 Å². The average molecular weight is 433 g/mol. The van der Waals surface area contributed by atoms with Crippen LogP contribution >= 0.6 is 0 Å². The van der Waals surface area contributed by atoms with Crippen molar-refractivity contribution in [2.45, 2.75) is 19.0 Å². The molecule has 9 nitrogen and oxygen atoms in total. The largest absolute Gasteiger partial charge is 0.433 e. The van der Waals surface area contributed by atoms with Gasteiger partial charge in [-0.05, 0) is 11.6 Å². The molecule has 0 fully saturated rings. The summed E-state index contributed by atoms with van der Waals surface area (Å²) in [6.07, 6.45) is 0.322. The van der Waals surface area contributed by atoms with Crippen LogP contribution in [-0.4, -0.2) is 34.5 Å². The van der Waals surface area contributed by atoms with Crippen molar-refractivity contribution >= 4 is 28.6 Å². The van der Waals surface area contributed by atoms with Gasteiger partial charge in [0.2, 0.25) is 5.95 Å². The number of halogens is 4. The Morgan fingerprint density at radius 1 is 1.10 bits per heavy atom. The van der Waals surface area contributed by atoms with Crippen molar-refractivity contribution in [3.05, 3.63) is 53.9 Å². The number of hydrogen-bond donors (Lipinski definition) is 2. The predicted molar refractivity (Wildman–Crippen MR) is 103 cm³/mol. The first-order valence-corrected chi connectivity index (χ1v) is 8.89. The van der Waals surface area contributed by atoms with Gasteiger partial charge >= 0.3 is 6.18 Å². The molecule has 0 amide bonds. The molecule has 4 aromatic rings. The molecular formula is C18H15F4N9. The zero-order chi connectivity index (χ0) is 22.3. The number of rotatable bonds is 4. The molecule has 4 aromatic heterocycles. The molecule has 0 spiro atoms. The van der Waals surface area contributed by atoms with Gasteiger partial charge in [-0.25, -0.2) is 24.3 Å². The summed E-state index contributed by atoms with van der Waals surface area (Å²) in [6.45, 7) is 1.59. The molecule has 0 radical (unpaired) electrons. The van der Waals surface area contributed by atoms with E-state index in [-0.39, 0.29) is 34.2 Å². The minimum atomic E-state index is -4.74. The normalized spacial score (nSPS) is 12.8. The Morgan fingerprint density at radius 2 is 1.81 bits per heavy atom. The fourth-order valence-electron chi connectivity index (χ4n) is 3.04. The van der Waals surface area contributed by atoms with Crippen LogP contribution in [0.3, 0.4) is 0 Å². The quantitative estimate of drug-likeness (QED) is 0.471. The van der Waals surface area contributed by atoms with E-state index in [0.29, 0.717) is 5.82 Å². The number of anilines is 3. The summed E-state index contributed by atoms with van der Waals surface area (Å²) in [7, 11) is 1.75. The topological polar surface area (TPSA) is 120 Å². The molecule has 160 valence electrons. The zero-order valence-electron chi connectivity index (χ0n) is 16.2. The first-order chi connectivity index (χ1) is 14.6. The predicted octanol–water partition coefficient (Wildman–Crippen LogP) is 3.18. The van der Waals surface area contributed by atoms with Gasteiger partial charge < -0.3 is 15.6 Å². The lowest BCUT2D eigenvalue weighted by Crippen LogP contribution is -2.14. The van der Waals surface area contributed by atoms with E-state index in [2.05, 4.69) is 35.2 Å². The maximum Gasteiger partial charge on any atom is 0.433 e. The number of nitrogens with zero attached hydrogens (tertiary/aromatic N) is 7. The molecule has 0 bridgehead atoms. The summed E-state index contributed by atoms with van der Waals surface area (Å²) in [4.78, 5) is 23.6. The zero-order valence-corrected chi connectivity index (χ0v) is 16.2. The number of nitrogens with two attached hydrogens (primary N) is 1. The molecule has 1 atom stereocenters. The van der Waals surface area contributed by atoms with E-state index in [4.69, 9.17) is 5.73 Å². The fraction of sp³-hybridized carbons (Fsp3) is 0.222. The Hall–Kier alpha value is -3.90. The number of pyridine rings is 1. The first kappa shape index (κ1) is 20.4. The molecule has 0 unspecified atom stereocenters. The molecule has 31 heavy (non-hydrogen) atoms. The molecule has 0 aliphatic heterocycles. The summed E-state index contributed by atoms with van der Waals surface area (Å²) in [5.41, 5.74) is 4.44. The van der Waals surface area contributed by atoms with Crippen molar-refractivity contribution in [1.82, 2.24) is 34.5 Å². The fourth-order valence-corrected chi connectivity index (χ4v) is 3.04. The Labute approximate surface area is 172 Å². The maximum atomic E-state index is 13.5. The van der Waals surface area contributed by atoms with Gasteiger partial charge in [-0.3, -0.25) is 0 Å². The van der Waals surface area contributed by atoms with Gasteiger partial charge in [-0.2, -0.15) is 23.1 Å². The van der Waals surface area contributed by atoms with E-state index in [1.807, 2.05) is 0 Å². The van der Waals surface area contributed by atoms with Crippen LogP contribution in [0, 0.1) is 5.82 Å². The number of imidazole rings is 1. The molecule has 3 N–H and O–H groups in total. The molecule has 0 saturated heterocycles. The van der Waals surface area contributed by atoms with Crippen LogP contribution in [0.4, 0.5) is 35.1 Å². The highest BCUT2D eigenvalue weighted by molar-refractivity contribution is 5.93. The molecule has 4 heterocycles. The standard InChI is InChI=1S/C18H15F4N9/c1-8(14-24-4-9(19)5-25-14)10-3-11(18(20,21)22)27-15-13(10)16(30-17(23)29-15)28-12-6-31(2)7-26-12/h3-8H,1-2H3,(H3,23,27,28,29,30)/t8-/m0/s1. The molecular weight excluding hydrogens is 418 g/mol. The maximum absolute atomic E-state index is 13.5. The van der Waals surface area contributed by atoms with Crippen molar-refractivity contribution in [3.63, 3.8) is 0 Å². The van der Waals surface area contributed by atoms with Gasteiger partial charge in [0.25, 0.3) is 0 Å². The third kappa shape index (κ3) is 4.06. The Morgan fingerprint density at radius 3 is 2.42 bits per heavy atom. The second-order valence-corrected chi connectivity index (χ2v) is 6.75. The van der Waals surface area contributed by atoms with E-state index < -0.39 is 23.6 Å². The van der Waals surface area contributed by atoms with E-state index >= 15 is 0 Å². The van der Waals surface area contributed by atoms with Crippen LogP contribution in [0.2, 0.25) is 0 Å². The van der Waals surface area contributed by atoms with Crippen molar-refractivity contribution < 1.29 is 17.6 Å². The third-order valence-electron chi connectivity index (χ3n) is 4.45. The van der Waals surface area contributed by atoms with E-state index in [0.717, 1.165) is 18.5 Å². The minimum absolute atomic E-state index is 0.114. The molecule has 13 heteroatoms.